The molecule has 1 saturated heterocycles. The first-order chi connectivity index (χ1) is 12.1. The van der Waals surface area contributed by atoms with Gasteiger partial charge in [-0.15, -0.1) is 0 Å². The molecule has 1 aliphatic rings. The van der Waals surface area contributed by atoms with Gasteiger partial charge in [0.15, 0.2) is 5.96 Å². The van der Waals surface area contributed by atoms with Gasteiger partial charge in [-0.3, -0.25) is 4.99 Å². The summed E-state index contributed by atoms with van der Waals surface area (Å²) in [5.41, 5.74) is 6.25. The van der Waals surface area contributed by atoms with Gasteiger partial charge in [0.05, 0.1) is 6.54 Å². The number of aliphatic hydroxyl groups excluding tert-OH is 1. The predicted molar refractivity (Wildman–Crippen MR) is 93.7 cm³/mol. The number of nitrogens with zero attached hydrogens (tertiary/aromatic N) is 5. The monoisotopic (exact) mass is 344 g/mol. The normalized spacial score (nSPS) is 16.8. The molecular weight excluding hydrogens is 323 g/mol. The molecule has 0 aliphatic carbocycles. The largest absolute Gasteiger partial charge is 0.386 e. The summed E-state index contributed by atoms with van der Waals surface area (Å²) in [6.07, 6.45) is 2.42. The standard InChI is InChI=1S/C17H21FN6O/c18-14-5-2-1-4-13(14)15(25)12-22-16(19)23-8-10-24(11-9-23)17-20-6-3-7-21-17/h1-7,15,25H,8-12H2,(H2,19,22). The van der Waals surface area contributed by atoms with E-state index in [-0.39, 0.29) is 12.1 Å². The van der Waals surface area contributed by atoms with E-state index in [1.807, 2.05) is 4.90 Å². The van der Waals surface area contributed by atoms with E-state index in [0.717, 1.165) is 13.1 Å². The maximum Gasteiger partial charge on any atom is 0.225 e. The van der Waals surface area contributed by atoms with E-state index in [1.54, 1.807) is 36.7 Å². The van der Waals surface area contributed by atoms with Crippen molar-refractivity contribution >= 4 is 11.9 Å². The molecule has 2 heterocycles. The highest BCUT2D eigenvalue weighted by molar-refractivity contribution is 5.78. The van der Waals surface area contributed by atoms with E-state index in [1.165, 1.54) is 6.07 Å². The SMILES string of the molecule is NC(=NCC(O)c1ccccc1F)N1CCN(c2ncccn2)CC1. The van der Waals surface area contributed by atoms with Crippen LogP contribution in [0.15, 0.2) is 47.7 Å². The lowest BCUT2D eigenvalue weighted by Crippen LogP contribution is -2.51. The molecule has 0 saturated carbocycles. The van der Waals surface area contributed by atoms with Crippen molar-refractivity contribution in [2.24, 2.45) is 10.7 Å². The number of rotatable bonds is 4. The molecule has 3 rings (SSSR count). The first-order valence-corrected chi connectivity index (χ1v) is 8.14. The van der Waals surface area contributed by atoms with Crippen molar-refractivity contribution in [2.45, 2.75) is 6.10 Å². The molecule has 1 aliphatic heterocycles. The molecule has 1 aromatic heterocycles. The van der Waals surface area contributed by atoms with Gasteiger partial charge in [0.1, 0.15) is 11.9 Å². The van der Waals surface area contributed by atoms with E-state index in [0.29, 0.717) is 25.0 Å². The average molecular weight is 344 g/mol. The number of hydrogen-bond acceptors (Lipinski definition) is 5. The molecule has 8 heteroatoms. The van der Waals surface area contributed by atoms with Crippen LogP contribution in [0.4, 0.5) is 10.3 Å². The van der Waals surface area contributed by atoms with Gasteiger partial charge in [0.25, 0.3) is 0 Å². The molecule has 1 aromatic carbocycles. The van der Waals surface area contributed by atoms with Gasteiger partial charge in [-0.2, -0.15) is 0 Å². The fraction of sp³-hybridized carbons (Fsp3) is 0.353. The van der Waals surface area contributed by atoms with Crippen molar-refractivity contribution in [3.63, 3.8) is 0 Å². The maximum atomic E-state index is 13.7. The second kappa shape index (κ2) is 7.89. The molecule has 1 unspecified atom stereocenters. The second-order valence-electron chi connectivity index (χ2n) is 5.76. The third kappa shape index (κ3) is 4.21. The number of aliphatic hydroxyl groups is 1. The van der Waals surface area contributed by atoms with Crippen molar-refractivity contribution in [2.75, 3.05) is 37.6 Å². The molecule has 1 fully saturated rings. The maximum absolute atomic E-state index is 13.7. The Bertz CT molecular complexity index is 718. The second-order valence-corrected chi connectivity index (χ2v) is 5.76. The molecule has 132 valence electrons. The number of halogens is 1. The fourth-order valence-electron chi connectivity index (χ4n) is 2.71. The Morgan fingerprint density at radius 3 is 2.52 bits per heavy atom. The van der Waals surface area contributed by atoms with E-state index < -0.39 is 11.9 Å². The molecular formula is C17H21FN6O. The van der Waals surface area contributed by atoms with Crippen molar-refractivity contribution in [1.29, 1.82) is 0 Å². The van der Waals surface area contributed by atoms with Gasteiger partial charge in [0, 0.05) is 44.1 Å². The lowest BCUT2D eigenvalue weighted by Gasteiger charge is -2.35. The van der Waals surface area contributed by atoms with Gasteiger partial charge in [-0.25, -0.2) is 14.4 Å². The van der Waals surface area contributed by atoms with Crippen LogP contribution in [0, 0.1) is 5.82 Å². The minimum Gasteiger partial charge on any atom is -0.386 e. The molecule has 3 N–H and O–H groups in total. The van der Waals surface area contributed by atoms with E-state index >= 15 is 0 Å². The van der Waals surface area contributed by atoms with Gasteiger partial charge in [0.2, 0.25) is 5.95 Å². The first-order valence-electron chi connectivity index (χ1n) is 8.14. The number of benzene rings is 1. The summed E-state index contributed by atoms with van der Waals surface area (Å²) < 4.78 is 13.7. The van der Waals surface area contributed by atoms with Crippen LogP contribution in [0.1, 0.15) is 11.7 Å². The highest BCUT2D eigenvalue weighted by atomic mass is 19.1. The van der Waals surface area contributed by atoms with Crippen molar-refractivity contribution in [3.8, 4) is 0 Å². The van der Waals surface area contributed by atoms with Crippen LogP contribution in [0.2, 0.25) is 0 Å². The first kappa shape index (κ1) is 17.1. The van der Waals surface area contributed by atoms with Crippen molar-refractivity contribution in [1.82, 2.24) is 14.9 Å². The Hall–Kier alpha value is -2.74. The molecule has 0 radical (unpaired) electrons. The van der Waals surface area contributed by atoms with E-state index in [4.69, 9.17) is 5.73 Å². The zero-order chi connectivity index (χ0) is 17.6. The summed E-state index contributed by atoms with van der Waals surface area (Å²) in [7, 11) is 0. The van der Waals surface area contributed by atoms with Crippen LogP contribution in [0.25, 0.3) is 0 Å². The quantitative estimate of drug-likeness (QED) is 0.629. The average Bonchev–Trinajstić information content (AvgIpc) is 2.67. The topological polar surface area (TPSA) is 90.9 Å². The molecule has 25 heavy (non-hydrogen) atoms. The molecule has 1 atom stereocenters. The lowest BCUT2D eigenvalue weighted by molar-refractivity contribution is 0.181. The highest BCUT2D eigenvalue weighted by Crippen LogP contribution is 2.17. The third-order valence-corrected chi connectivity index (χ3v) is 4.13. The van der Waals surface area contributed by atoms with Crippen LogP contribution in [-0.2, 0) is 0 Å². The summed E-state index contributed by atoms with van der Waals surface area (Å²) >= 11 is 0. The van der Waals surface area contributed by atoms with Gasteiger partial charge in [-0.05, 0) is 12.1 Å². The predicted octanol–water partition coefficient (Wildman–Crippen LogP) is 0.786. The Morgan fingerprint density at radius 2 is 1.84 bits per heavy atom. The van der Waals surface area contributed by atoms with E-state index in [2.05, 4.69) is 19.9 Å². The number of anilines is 1. The molecule has 7 nitrogen and oxygen atoms in total. The van der Waals surface area contributed by atoms with Crippen LogP contribution in [0.5, 0.6) is 0 Å². The minimum atomic E-state index is -1.02. The van der Waals surface area contributed by atoms with Crippen LogP contribution < -0.4 is 10.6 Å². The molecule has 0 amide bonds. The summed E-state index contributed by atoms with van der Waals surface area (Å²) in [6.45, 7) is 2.85. The third-order valence-electron chi connectivity index (χ3n) is 4.13. The number of hydrogen-bond donors (Lipinski definition) is 2. The summed E-state index contributed by atoms with van der Waals surface area (Å²) in [5.74, 6) is 0.608. The van der Waals surface area contributed by atoms with Gasteiger partial charge >= 0.3 is 0 Å². The van der Waals surface area contributed by atoms with Crippen LogP contribution >= 0.6 is 0 Å². The number of piperazine rings is 1. The van der Waals surface area contributed by atoms with Crippen molar-refractivity contribution < 1.29 is 9.50 Å². The lowest BCUT2D eigenvalue weighted by atomic mass is 10.1. The Morgan fingerprint density at radius 1 is 1.16 bits per heavy atom. The summed E-state index contributed by atoms with van der Waals surface area (Å²) in [6, 6.07) is 7.91. The number of guanidine groups is 1. The Balaban J connectivity index is 1.54. The summed E-state index contributed by atoms with van der Waals surface area (Å²) in [5, 5.41) is 10.1. The zero-order valence-corrected chi connectivity index (χ0v) is 13.8. The zero-order valence-electron chi connectivity index (χ0n) is 13.8. The fourth-order valence-corrected chi connectivity index (χ4v) is 2.71. The molecule has 2 aromatic rings. The minimum absolute atomic E-state index is 0.0226. The Labute approximate surface area is 145 Å². The number of aliphatic imine (C=N–C) groups is 1. The smallest absolute Gasteiger partial charge is 0.225 e. The van der Waals surface area contributed by atoms with E-state index in [9.17, 15) is 9.50 Å². The number of aromatic nitrogens is 2. The molecule has 0 bridgehead atoms. The number of nitrogens with two attached hydrogens (primary N) is 1. The van der Waals surface area contributed by atoms with Crippen molar-refractivity contribution in [3.05, 3.63) is 54.1 Å². The van der Waals surface area contributed by atoms with Crippen LogP contribution in [0.3, 0.4) is 0 Å². The summed E-state index contributed by atoms with van der Waals surface area (Å²) in [4.78, 5) is 16.7. The highest BCUT2D eigenvalue weighted by Gasteiger charge is 2.20. The Kier molecular flexibility index (Phi) is 5.39. The molecule has 0 spiro atoms. The van der Waals surface area contributed by atoms with Gasteiger partial charge in [-0.1, -0.05) is 18.2 Å². The van der Waals surface area contributed by atoms with Gasteiger partial charge < -0.3 is 20.6 Å². The van der Waals surface area contributed by atoms with Crippen LogP contribution in [-0.4, -0.2) is 58.7 Å².